The summed E-state index contributed by atoms with van der Waals surface area (Å²) in [7, 11) is 3.14. The summed E-state index contributed by atoms with van der Waals surface area (Å²) in [5.41, 5.74) is 0.798. The van der Waals surface area contributed by atoms with Gasteiger partial charge in [0.25, 0.3) is 5.91 Å². The molecule has 0 aromatic carbocycles. The van der Waals surface area contributed by atoms with Crippen LogP contribution in [0, 0.1) is 0 Å². The first-order valence-corrected chi connectivity index (χ1v) is 9.20. The first-order valence-electron chi connectivity index (χ1n) is 9.20. The molecule has 4 rings (SSSR count). The second kappa shape index (κ2) is 7.81. The van der Waals surface area contributed by atoms with Crippen LogP contribution in [0.3, 0.4) is 0 Å². The molecule has 1 fully saturated rings. The molecule has 0 unspecified atom stereocenters. The summed E-state index contributed by atoms with van der Waals surface area (Å²) in [6, 6.07) is 5.08. The third kappa shape index (κ3) is 3.66. The zero-order valence-corrected chi connectivity index (χ0v) is 16.4. The van der Waals surface area contributed by atoms with E-state index in [9.17, 15) is 14.7 Å². The second-order valence-corrected chi connectivity index (χ2v) is 6.82. The van der Waals surface area contributed by atoms with E-state index in [0.29, 0.717) is 36.8 Å². The van der Waals surface area contributed by atoms with Gasteiger partial charge in [0, 0.05) is 26.3 Å². The maximum absolute atomic E-state index is 12.6. The minimum Gasteiger partial charge on any atom is -0.479 e. The highest BCUT2D eigenvalue weighted by atomic mass is 16.5. The zero-order valence-electron chi connectivity index (χ0n) is 16.4. The molecule has 4 heterocycles. The van der Waals surface area contributed by atoms with Crippen LogP contribution in [-0.2, 0) is 7.05 Å². The number of nitrogens with zero attached hydrogens (tertiary/aromatic N) is 7. The van der Waals surface area contributed by atoms with E-state index in [0.717, 1.165) is 0 Å². The number of nitrogens with one attached hydrogen (secondary N) is 1. The molecule has 2 amide bonds. The maximum atomic E-state index is 12.6. The molecule has 0 spiro atoms. The SMILES string of the molecule is COc1nn(C)cc1C(=O)Nc1cccc(-c2nncn2[C@@H]2CCN(C(=O)O)C2)n1. The first-order chi connectivity index (χ1) is 14.5. The Kier molecular flexibility index (Phi) is 5.04. The number of anilines is 1. The van der Waals surface area contributed by atoms with Crippen molar-refractivity contribution in [3.05, 3.63) is 36.3 Å². The van der Waals surface area contributed by atoms with Crippen LogP contribution in [0.25, 0.3) is 11.5 Å². The lowest BCUT2D eigenvalue weighted by Gasteiger charge is -2.15. The topological polar surface area (TPSA) is 140 Å². The summed E-state index contributed by atoms with van der Waals surface area (Å²) in [5.74, 6) is 0.646. The van der Waals surface area contributed by atoms with Crippen molar-refractivity contribution in [2.45, 2.75) is 12.5 Å². The highest BCUT2D eigenvalue weighted by molar-refractivity contribution is 6.05. The molecule has 1 aliphatic rings. The van der Waals surface area contributed by atoms with Gasteiger partial charge in [0.1, 0.15) is 23.4 Å². The van der Waals surface area contributed by atoms with E-state index >= 15 is 0 Å². The number of pyridine rings is 1. The lowest BCUT2D eigenvalue weighted by molar-refractivity contribution is 0.102. The Morgan fingerprint density at radius 1 is 1.33 bits per heavy atom. The van der Waals surface area contributed by atoms with E-state index in [2.05, 4.69) is 25.6 Å². The molecule has 2 N–H and O–H groups in total. The van der Waals surface area contributed by atoms with Gasteiger partial charge in [0.15, 0.2) is 5.82 Å². The molecule has 30 heavy (non-hydrogen) atoms. The van der Waals surface area contributed by atoms with Crippen molar-refractivity contribution < 1.29 is 19.4 Å². The Hall–Kier alpha value is -3.96. The lowest BCUT2D eigenvalue weighted by atomic mass is 10.2. The molecular formula is C18H20N8O4. The number of carbonyl (C=O) groups is 2. The van der Waals surface area contributed by atoms with E-state index < -0.39 is 12.0 Å². The van der Waals surface area contributed by atoms with Crippen molar-refractivity contribution in [1.29, 1.82) is 0 Å². The molecular weight excluding hydrogens is 392 g/mol. The number of likely N-dealkylation sites (tertiary alicyclic amines) is 1. The monoisotopic (exact) mass is 412 g/mol. The van der Waals surface area contributed by atoms with Crippen LogP contribution in [0.4, 0.5) is 10.6 Å². The molecule has 156 valence electrons. The number of methoxy groups -OCH3 is 1. The number of ether oxygens (including phenoxy) is 1. The van der Waals surface area contributed by atoms with Crippen LogP contribution in [0.15, 0.2) is 30.7 Å². The van der Waals surface area contributed by atoms with Gasteiger partial charge in [0.05, 0.1) is 13.2 Å². The minimum absolute atomic E-state index is 0.0780. The molecule has 1 aliphatic heterocycles. The van der Waals surface area contributed by atoms with Gasteiger partial charge in [-0.3, -0.25) is 9.48 Å². The van der Waals surface area contributed by atoms with Gasteiger partial charge in [-0.2, -0.15) is 0 Å². The van der Waals surface area contributed by atoms with Crippen molar-refractivity contribution in [3.8, 4) is 17.4 Å². The van der Waals surface area contributed by atoms with E-state index in [1.54, 1.807) is 37.8 Å². The summed E-state index contributed by atoms with van der Waals surface area (Å²) in [4.78, 5) is 29.6. The summed E-state index contributed by atoms with van der Waals surface area (Å²) in [6.45, 7) is 0.811. The molecule has 1 atom stereocenters. The Labute approximate surface area is 171 Å². The summed E-state index contributed by atoms with van der Waals surface area (Å²) in [6.07, 6.45) is 2.84. The van der Waals surface area contributed by atoms with Crippen molar-refractivity contribution in [3.63, 3.8) is 0 Å². The number of hydrogen-bond donors (Lipinski definition) is 2. The van der Waals surface area contributed by atoms with Gasteiger partial charge in [-0.05, 0) is 18.6 Å². The quantitative estimate of drug-likeness (QED) is 0.638. The molecule has 0 saturated carbocycles. The summed E-state index contributed by atoms with van der Waals surface area (Å²) in [5, 5.41) is 24.1. The standard InChI is InChI=1S/C18H20N8O4/c1-24-9-12(17(23-24)30-2)16(27)21-14-5-3-4-13(20-14)15-22-19-10-26(15)11-6-7-25(8-11)18(28)29/h3-5,9-11H,6-8H2,1-2H3,(H,28,29)(H,20,21,27)/t11-/m1/s1. The smallest absolute Gasteiger partial charge is 0.407 e. The molecule has 12 heteroatoms. The number of carbonyl (C=O) groups excluding carboxylic acids is 1. The summed E-state index contributed by atoms with van der Waals surface area (Å²) >= 11 is 0. The van der Waals surface area contributed by atoms with Crippen LogP contribution in [-0.4, -0.2) is 71.7 Å². The van der Waals surface area contributed by atoms with Crippen molar-refractivity contribution in [1.82, 2.24) is 34.4 Å². The van der Waals surface area contributed by atoms with Crippen molar-refractivity contribution in [2.75, 3.05) is 25.5 Å². The first kappa shape index (κ1) is 19.4. The number of aromatic nitrogens is 6. The molecule has 0 bridgehead atoms. The van der Waals surface area contributed by atoms with Crippen LogP contribution in [0.5, 0.6) is 5.88 Å². The minimum atomic E-state index is -0.944. The van der Waals surface area contributed by atoms with Crippen LogP contribution in [0.1, 0.15) is 22.8 Å². The molecule has 0 radical (unpaired) electrons. The van der Waals surface area contributed by atoms with Gasteiger partial charge in [-0.1, -0.05) is 6.07 Å². The van der Waals surface area contributed by atoms with E-state index in [4.69, 9.17) is 4.74 Å². The third-order valence-corrected chi connectivity index (χ3v) is 4.85. The highest BCUT2D eigenvalue weighted by Crippen LogP contribution is 2.27. The van der Waals surface area contributed by atoms with E-state index in [1.807, 2.05) is 4.57 Å². The molecule has 3 aromatic rings. The average molecular weight is 412 g/mol. The lowest BCUT2D eigenvalue weighted by Crippen LogP contribution is -2.27. The highest BCUT2D eigenvalue weighted by Gasteiger charge is 2.29. The Morgan fingerprint density at radius 3 is 2.90 bits per heavy atom. The number of hydrogen-bond acceptors (Lipinski definition) is 7. The fourth-order valence-electron chi connectivity index (χ4n) is 3.42. The fourth-order valence-corrected chi connectivity index (χ4v) is 3.42. The van der Waals surface area contributed by atoms with Gasteiger partial charge in [0.2, 0.25) is 5.88 Å². The average Bonchev–Trinajstić information content (AvgIpc) is 3.46. The normalized spacial score (nSPS) is 15.9. The molecule has 1 saturated heterocycles. The number of amides is 2. The second-order valence-electron chi connectivity index (χ2n) is 6.82. The Bertz CT molecular complexity index is 1090. The maximum Gasteiger partial charge on any atom is 0.407 e. The van der Waals surface area contributed by atoms with Crippen LogP contribution < -0.4 is 10.1 Å². The number of carboxylic acid groups (broad SMARTS) is 1. The van der Waals surface area contributed by atoms with E-state index in [1.165, 1.54) is 16.7 Å². The summed E-state index contributed by atoms with van der Waals surface area (Å²) < 4.78 is 8.43. The predicted molar refractivity (Wildman–Crippen MR) is 104 cm³/mol. The Balaban J connectivity index is 1.56. The Morgan fingerprint density at radius 2 is 2.17 bits per heavy atom. The molecule has 0 aliphatic carbocycles. The fraction of sp³-hybridized carbons (Fsp3) is 0.333. The molecule has 3 aromatic heterocycles. The number of rotatable bonds is 5. The van der Waals surface area contributed by atoms with E-state index in [-0.39, 0.29) is 17.5 Å². The van der Waals surface area contributed by atoms with Gasteiger partial charge < -0.3 is 24.6 Å². The predicted octanol–water partition coefficient (Wildman–Crippen LogP) is 1.26. The van der Waals surface area contributed by atoms with Gasteiger partial charge in [-0.25, -0.2) is 9.78 Å². The van der Waals surface area contributed by atoms with Crippen LogP contribution >= 0.6 is 0 Å². The van der Waals surface area contributed by atoms with Crippen molar-refractivity contribution in [2.24, 2.45) is 7.05 Å². The van der Waals surface area contributed by atoms with Crippen molar-refractivity contribution >= 4 is 17.8 Å². The van der Waals surface area contributed by atoms with Gasteiger partial charge in [-0.15, -0.1) is 15.3 Å². The molecule has 12 nitrogen and oxygen atoms in total. The number of aryl methyl sites for hydroxylation is 1. The zero-order chi connectivity index (χ0) is 21.3. The van der Waals surface area contributed by atoms with Gasteiger partial charge >= 0.3 is 6.09 Å². The van der Waals surface area contributed by atoms with Crippen LogP contribution in [0.2, 0.25) is 0 Å². The third-order valence-electron chi connectivity index (χ3n) is 4.85. The largest absolute Gasteiger partial charge is 0.479 e.